The Labute approximate surface area is 140 Å². The van der Waals surface area contributed by atoms with Crippen LogP contribution in [-0.2, 0) is 23.0 Å². The molecule has 0 fully saturated rings. The summed E-state index contributed by atoms with van der Waals surface area (Å²) in [6.45, 7) is 6.28. The third-order valence-electron chi connectivity index (χ3n) is 3.27. The Morgan fingerprint density at radius 3 is 2.68 bits per heavy atom. The van der Waals surface area contributed by atoms with Gasteiger partial charge >= 0.3 is 0 Å². The first-order valence-corrected chi connectivity index (χ1v) is 10.4. The van der Waals surface area contributed by atoms with Gasteiger partial charge in [0.05, 0.1) is 11.2 Å². The van der Waals surface area contributed by atoms with Crippen LogP contribution < -0.4 is 5.32 Å². The maximum Gasteiger partial charge on any atom is 0.252 e. The number of sulfonamides is 1. The van der Waals surface area contributed by atoms with Crippen LogP contribution in [0.15, 0.2) is 27.2 Å². The topological polar surface area (TPSA) is 62.3 Å². The molecule has 5 nitrogen and oxygen atoms in total. The molecule has 8 heteroatoms. The molecular formula is C14H21N3O2S3. The van der Waals surface area contributed by atoms with Gasteiger partial charge in [-0.15, -0.1) is 22.7 Å². The van der Waals surface area contributed by atoms with Gasteiger partial charge in [-0.1, -0.05) is 13.8 Å². The molecule has 0 spiro atoms. The molecule has 0 aromatic carbocycles. The first-order chi connectivity index (χ1) is 10.6. The standard InChI is InChI=1S/C14H21N3O2S3/c1-3-17(4-2)22(18,19)14-6-5-13(21-14)7-8-15-9-12-10-20-11-16-12/h5-6,10-11,15H,3-4,7-9H2,1-2H3. The first-order valence-electron chi connectivity index (χ1n) is 7.24. The lowest BCUT2D eigenvalue weighted by Gasteiger charge is -2.16. The fourth-order valence-corrected chi connectivity index (χ4v) is 5.60. The zero-order valence-corrected chi connectivity index (χ0v) is 15.2. The first kappa shape index (κ1) is 17.6. The molecule has 1 N–H and O–H groups in total. The van der Waals surface area contributed by atoms with E-state index in [1.807, 2.05) is 30.8 Å². The van der Waals surface area contributed by atoms with Crippen LogP contribution in [0.1, 0.15) is 24.4 Å². The summed E-state index contributed by atoms with van der Waals surface area (Å²) in [7, 11) is -3.32. The molecular weight excluding hydrogens is 338 g/mol. The quantitative estimate of drug-likeness (QED) is 0.699. The summed E-state index contributed by atoms with van der Waals surface area (Å²) in [5, 5.41) is 5.34. The van der Waals surface area contributed by atoms with Gasteiger partial charge in [0.15, 0.2) is 0 Å². The van der Waals surface area contributed by atoms with Crippen molar-refractivity contribution in [1.82, 2.24) is 14.6 Å². The SMILES string of the molecule is CCN(CC)S(=O)(=O)c1ccc(CCNCc2cscn2)s1. The summed E-state index contributed by atoms with van der Waals surface area (Å²) in [5.74, 6) is 0. The van der Waals surface area contributed by atoms with E-state index in [2.05, 4.69) is 10.3 Å². The molecule has 2 heterocycles. The Morgan fingerprint density at radius 1 is 1.27 bits per heavy atom. The zero-order valence-electron chi connectivity index (χ0n) is 12.8. The van der Waals surface area contributed by atoms with Gasteiger partial charge in [0.2, 0.25) is 0 Å². The lowest BCUT2D eigenvalue weighted by atomic mass is 10.3. The number of hydrogen-bond acceptors (Lipinski definition) is 6. The van der Waals surface area contributed by atoms with E-state index in [0.29, 0.717) is 17.3 Å². The van der Waals surface area contributed by atoms with Gasteiger partial charge in [-0.05, 0) is 18.6 Å². The monoisotopic (exact) mass is 359 g/mol. The van der Waals surface area contributed by atoms with E-state index >= 15 is 0 Å². The van der Waals surface area contributed by atoms with Crippen LogP contribution in [0, 0.1) is 0 Å². The summed E-state index contributed by atoms with van der Waals surface area (Å²) in [6.07, 6.45) is 0.822. The van der Waals surface area contributed by atoms with E-state index in [4.69, 9.17) is 0 Å². The molecule has 0 saturated heterocycles. The minimum atomic E-state index is -3.32. The predicted molar refractivity (Wildman–Crippen MR) is 92.0 cm³/mol. The molecule has 122 valence electrons. The molecule has 2 aromatic heterocycles. The van der Waals surface area contributed by atoms with Crippen LogP contribution in [0.3, 0.4) is 0 Å². The second-order valence-corrected chi connectivity index (χ2v) is 8.77. The maximum absolute atomic E-state index is 12.4. The van der Waals surface area contributed by atoms with Crippen molar-refractivity contribution in [2.75, 3.05) is 19.6 Å². The second kappa shape index (κ2) is 8.16. The summed E-state index contributed by atoms with van der Waals surface area (Å²) in [5.41, 5.74) is 2.86. The number of nitrogens with one attached hydrogen (secondary N) is 1. The van der Waals surface area contributed by atoms with Crippen LogP contribution in [0.2, 0.25) is 0 Å². The highest BCUT2D eigenvalue weighted by Gasteiger charge is 2.23. The van der Waals surface area contributed by atoms with Gasteiger partial charge in [0.25, 0.3) is 10.0 Å². The van der Waals surface area contributed by atoms with Gasteiger partial charge in [-0.3, -0.25) is 0 Å². The molecule has 22 heavy (non-hydrogen) atoms. The Balaban J connectivity index is 1.88. The lowest BCUT2D eigenvalue weighted by Crippen LogP contribution is -2.29. The van der Waals surface area contributed by atoms with Crippen molar-refractivity contribution >= 4 is 32.7 Å². The normalized spacial score (nSPS) is 12.1. The molecule has 0 amide bonds. The van der Waals surface area contributed by atoms with E-state index in [1.165, 1.54) is 15.6 Å². The molecule has 0 bridgehead atoms. The molecule has 0 atom stereocenters. The average Bonchev–Trinajstić information content (AvgIpc) is 3.16. The Kier molecular flexibility index (Phi) is 6.51. The predicted octanol–water partition coefficient (Wildman–Crippen LogP) is 2.57. The number of nitrogens with zero attached hydrogens (tertiary/aromatic N) is 2. The minimum absolute atomic E-state index is 0.436. The van der Waals surface area contributed by atoms with Crippen LogP contribution in [0.25, 0.3) is 0 Å². The van der Waals surface area contributed by atoms with Crippen molar-refractivity contribution in [2.45, 2.75) is 31.0 Å². The van der Waals surface area contributed by atoms with Gasteiger partial charge in [-0.25, -0.2) is 13.4 Å². The number of hydrogen-bond donors (Lipinski definition) is 1. The smallest absolute Gasteiger partial charge is 0.252 e. The van der Waals surface area contributed by atoms with E-state index < -0.39 is 10.0 Å². The average molecular weight is 360 g/mol. The van der Waals surface area contributed by atoms with Gasteiger partial charge in [-0.2, -0.15) is 4.31 Å². The largest absolute Gasteiger partial charge is 0.311 e. The van der Waals surface area contributed by atoms with Crippen LogP contribution in [0.5, 0.6) is 0 Å². The Bertz CT molecular complexity index is 661. The van der Waals surface area contributed by atoms with E-state index in [-0.39, 0.29) is 0 Å². The Hall–Kier alpha value is -0.800. The molecule has 0 radical (unpaired) electrons. The van der Waals surface area contributed by atoms with E-state index in [0.717, 1.165) is 30.1 Å². The summed E-state index contributed by atoms with van der Waals surface area (Å²) < 4.78 is 26.7. The molecule has 0 unspecified atom stereocenters. The number of aromatic nitrogens is 1. The van der Waals surface area contributed by atoms with Crippen LogP contribution in [0.4, 0.5) is 0 Å². The van der Waals surface area contributed by atoms with Gasteiger partial charge in [0.1, 0.15) is 4.21 Å². The van der Waals surface area contributed by atoms with Crippen molar-refractivity contribution in [3.63, 3.8) is 0 Å². The summed E-state index contributed by atoms with van der Waals surface area (Å²) in [4.78, 5) is 5.29. The van der Waals surface area contributed by atoms with Crippen LogP contribution in [-0.4, -0.2) is 37.3 Å². The Morgan fingerprint density at radius 2 is 2.05 bits per heavy atom. The third-order valence-corrected chi connectivity index (χ3v) is 7.57. The number of rotatable bonds is 9. The molecule has 2 rings (SSSR count). The fourth-order valence-electron chi connectivity index (χ4n) is 2.07. The van der Waals surface area contributed by atoms with Crippen molar-refractivity contribution in [1.29, 1.82) is 0 Å². The lowest BCUT2D eigenvalue weighted by molar-refractivity contribution is 0.447. The fraction of sp³-hybridized carbons (Fsp3) is 0.500. The van der Waals surface area contributed by atoms with E-state index in [9.17, 15) is 8.42 Å². The second-order valence-electron chi connectivity index (χ2n) is 4.72. The number of thiophene rings is 1. The summed E-state index contributed by atoms with van der Waals surface area (Å²) >= 11 is 2.95. The highest BCUT2D eigenvalue weighted by Crippen LogP contribution is 2.25. The van der Waals surface area contributed by atoms with Crippen molar-refractivity contribution < 1.29 is 8.42 Å². The third kappa shape index (κ3) is 4.36. The van der Waals surface area contributed by atoms with Crippen molar-refractivity contribution in [2.24, 2.45) is 0 Å². The van der Waals surface area contributed by atoms with Crippen molar-refractivity contribution in [3.8, 4) is 0 Å². The maximum atomic E-state index is 12.4. The molecule has 0 aliphatic heterocycles. The minimum Gasteiger partial charge on any atom is -0.311 e. The number of thiazole rings is 1. The van der Waals surface area contributed by atoms with Crippen molar-refractivity contribution in [3.05, 3.63) is 33.6 Å². The van der Waals surface area contributed by atoms with Crippen LogP contribution >= 0.6 is 22.7 Å². The zero-order chi connectivity index (χ0) is 16.0. The highest BCUT2D eigenvalue weighted by molar-refractivity contribution is 7.91. The van der Waals surface area contributed by atoms with Gasteiger partial charge in [0, 0.05) is 36.4 Å². The molecule has 0 saturated carbocycles. The molecule has 0 aliphatic carbocycles. The molecule has 2 aromatic rings. The summed E-state index contributed by atoms with van der Waals surface area (Å²) in [6, 6.07) is 3.62. The molecule has 0 aliphatic rings. The van der Waals surface area contributed by atoms with Gasteiger partial charge < -0.3 is 5.32 Å². The van der Waals surface area contributed by atoms with E-state index in [1.54, 1.807) is 17.4 Å². The highest BCUT2D eigenvalue weighted by atomic mass is 32.2.